The van der Waals surface area contributed by atoms with Crippen LogP contribution in [-0.4, -0.2) is 39.8 Å². The van der Waals surface area contributed by atoms with Gasteiger partial charge in [0.25, 0.3) is 0 Å². The van der Waals surface area contributed by atoms with Crippen LogP contribution in [0.3, 0.4) is 0 Å². The second-order valence-electron chi connectivity index (χ2n) is 7.21. The first-order valence-corrected chi connectivity index (χ1v) is 10.1. The fraction of sp³-hybridized carbons (Fsp3) is 0.435. The summed E-state index contributed by atoms with van der Waals surface area (Å²) in [5.74, 6) is -1.35. The first-order valence-electron chi connectivity index (χ1n) is 10.1. The number of benzene rings is 1. The van der Waals surface area contributed by atoms with E-state index in [4.69, 9.17) is 4.74 Å². The third-order valence-corrected chi connectivity index (χ3v) is 5.32. The lowest BCUT2D eigenvalue weighted by molar-refractivity contribution is -0.130. The highest BCUT2D eigenvalue weighted by molar-refractivity contribution is 6.06. The Labute approximate surface area is 176 Å². The van der Waals surface area contributed by atoms with Gasteiger partial charge in [0, 0.05) is 31.3 Å². The van der Waals surface area contributed by atoms with Crippen LogP contribution in [0.1, 0.15) is 65.4 Å². The van der Waals surface area contributed by atoms with Crippen molar-refractivity contribution in [3.8, 4) is 0 Å². The maximum Gasteiger partial charge on any atom is 0.355 e. The lowest BCUT2D eigenvalue weighted by atomic mass is 9.99. The maximum atomic E-state index is 13.4. The normalized spacial score (nSPS) is 11.8. The van der Waals surface area contributed by atoms with E-state index in [1.54, 1.807) is 44.4 Å². The molecule has 0 fully saturated rings. The van der Waals surface area contributed by atoms with E-state index < -0.39 is 12.0 Å². The number of ketones is 1. The standard InChI is InChI=1S/C23H29FN2O4/c1-7-25-15(4)20(14(3)21(25)23(29)30-8-2)22(28)16(5)26(17(6)27)13-18-9-11-19(24)12-10-18/h9-12,16H,7-8,13H2,1-6H3. The third kappa shape index (κ3) is 4.61. The third-order valence-electron chi connectivity index (χ3n) is 5.32. The Bertz CT molecular complexity index is 947. The first-order chi connectivity index (χ1) is 14.1. The molecule has 0 saturated carbocycles. The molecule has 162 valence electrons. The van der Waals surface area contributed by atoms with Gasteiger partial charge >= 0.3 is 5.97 Å². The first kappa shape index (κ1) is 23.3. The average Bonchev–Trinajstić information content (AvgIpc) is 2.95. The summed E-state index contributed by atoms with van der Waals surface area (Å²) in [6, 6.07) is 5.06. The number of nitrogens with zero attached hydrogens (tertiary/aromatic N) is 2. The van der Waals surface area contributed by atoms with Crippen LogP contribution in [0.5, 0.6) is 0 Å². The zero-order valence-corrected chi connectivity index (χ0v) is 18.4. The van der Waals surface area contributed by atoms with Crippen molar-refractivity contribution in [2.24, 2.45) is 0 Å². The number of hydrogen-bond acceptors (Lipinski definition) is 4. The van der Waals surface area contributed by atoms with Crippen molar-refractivity contribution in [1.82, 2.24) is 9.47 Å². The fourth-order valence-corrected chi connectivity index (χ4v) is 3.77. The second kappa shape index (κ2) is 9.69. The molecule has 0 N–H and O–H groups in total. The molecule has 0 saturated heterocycles. The predicted octanol–water partition coefficient (Wildman–Crippen LogP) is 4.06. The SMILES string of the molecule is CCOC(=O)c1c(C)c(C(=O)C(C)N(Cc2ccc(F)cc2)C(C)=O)c(C)n1CC. The number of carbonyl (C=O) groups excluding carboxylic acids is 3. The molecule has 2 rings (SSSR count). The van der Waals surface area contributed by atoms with E-state index in [0.29, 0.717) is 29.1 Å². The van der Waals surface area contributed by atoms with Crippen LogP contribution in [0.25, 0.3) is 0 Å². The van der Waals surface area contributed by atoms with E-state index in [-0.39, 0.29) is 30.7 Å². The van der Waals surface area contributed by atoms with Gasteiger partial charge in [-0.2, -0.15) is 0 Å². The Morgan fingerprint density at radius 3 is 2.23 bits per heavy atom. The summed E-state index contributed by atoms with van der Waals surface area (Å²) in [4.78, 5) is 39.6. The van der Waals surface area contributed by atoms with Crippen LogP contribution in [0.4, 0.5) is 4.39 Å². The van der Waals surface area contributed by atoms with Gasteiger partial charge in [-0.05, 0) is 57.9 Å². The van der Waals surface area contributed by atoms with Crippen LogP contribution < -0.4 is 0 Å². The molecule has 7 heteroatoms. The second-order valence-corrected chi connectivity index (χ2v) is 7.21. The molecule has 2 aromatic rings. The lowest BCUT2D eigenvalue weighted by Gasteiger charge is -2.27. The number of hydrogen-bond donors (Lipinski definition) is 0. The zero-order chi connectivity index (χ0) is 22.6. The maximum absolute atomic E-state index is 13.4. The van der Waals surface area contributed by atoms with Crippen molar-refractivity contribution in [2.75, 3.05) is 6.61 Å². The van der Waals surface area contributed by atoms with E-state index in [9.17, 15) is 18.8 Å². The highest BCUT2D eigenvalue weighted by Crippen LogP contribution is 2.26. The predicted molar refractivity (Wildman–Crippen MR) is 112 cm³/mol. The van der Waals surface area contributed by atoms with Crippen molar-refractivity contribution < 1.29 is 23.5 Å². The van der Waals surface area contributed by atoms with Gasteiger partial charge in [-0.3, -0.25) is 9.59 Å². The quantitative estimate of drug-likeness (QED) is 0.481. The number of amides is 1. The monoisotopic (exact) mass is 416 g/mol. The molecule has 0 bridgehead atoms. The minimum Gasteiger partial charge on any atom is -0.461 e. The Hall–Kier alpha value is -2.96. The van der Waals surface area contributed by atoms with E-state index in [2.05, 4.69) is 0 Å². The average molecular weight is 416 g/mol. The lowest BCUT2D eigenvalue weighted by Crippen LogP contribution is -2.42. The van der Waals surface area contributed by atoms with Gasteiger partial charge in [0.2, 0.25) is 5.91 Å². The molecular formula is C23H29FN2O4. The van der Waals surface area contributed by atoms with Crippen molar-refractivity contribution in [2.45, 2.75) is 60.7 Å². The van der Waals surface area contributed by atoms with Gasteiger partial charge in [-0.1, -0.05) is 12.1 Å². The molecule has 1 aromatic carbocycles. The molecule has 1 amide bonds. The minimum absolute atomic E-state index is 0.180. The van der Waals surface area contributed by atoms with Crippen LogP contribution in [0.15, 0.2) is 24.3 Å². The molecule has 1 atom stereocenters. The molecule has 30 heavy (non-hydrogen) atoms. The fourth-order valence-electron chi connectivity index (χ4n) is 3.77. The van der Waals surface area contributed by atoms with Crippen molar-refractivity contribution >= 4 is 17.7 Å². The van der Waals surface area contributed by atoms with E-state index in [1.165, 1.54) is 24.0 Å². The summed E-state index contributed by atoms with van der Waals surface area (Å²) in [6.45, 7) is 11.1. The molecule has 0 aliphatic carbocycles. The number of carbonyl (C=O) groups is 3. The zero-order valence-electron chi connectivity index (χ0n) is 18.4. The van der Waals surface area contributed by atoms with Crippen molar-refractivity contribution in [3.63, 3.8) is 0 Å². The molecule has 1 aromatic heterocycles. The molecule has 0 aliphatic rings. The highest BCUT2D eigenvalue weighted by Gasteiger charge is 2.32. The van der Waals surface area contributed by atoms with Gasteiger partial charge in [-0.25, -0.2) is 9.18 Å². The van der Waals surface area contributed by atoms with Crippen LogP contribution in [-0.2, 0) is 22.6 Å². The Morgan fingerprint density at radius 1 is 1.13 bits per heavy atom. The Kier molecular flexibility index (Phi) is 7.54. The summed E-state index contributed by atoms with van der Waals surface area (Å²) >= 11 is 0. The van der Waals surface area contributed by atoms with Crippen molar-refractivity contribution in [3.05, 3.63) is 58.2 Å². The van der Waals surface area contributed by atoms with Crippen molar-refractivity contribution in [1.29, 1.82) is 0 Å². The summed E-state index contributed by atoms with van der Waals surface area (Å²) < 4.78 is 20.1. The number of esters is 1. The van der Waals surface area contributed by atoms with Gasteiger partial charge in [-0.15, -0.1) is 0 Å². The number of aromatic nitrogens is 1. The smallest absolute Gasteiger partial charge is 0.355 e. The number of ether oxygens (including phenoxy) is 1. The van der Waals surface area contributed by atoms with Gasteiger partial charge in [0.1, 0.15) is 11.5 Å². The molecular weight excluding hydrogens is 387 g/mol. The minimum atomic E-state index is -0.757. The molecule has 1 heterocycles. The summed E-state index contributed by atoms with van der Waals surface area (Å²) in [7, 11) is 0. The molecule has 0 radical (unpaired) electrons. The topological polar surface area (TPSA) is 68.6 Å². The highest BCUT2D eigenvalue weighted by atomic mass is 19.1. The molecule has 0 aliphatic heterocycles. The van der Waals surface area contributed by atoms with Crippen LogP contribution in [0, 0.1) is 19.7 Å². The Balaban J connectivity index is 2.43. The van der Waals surface area contributed by atoms with E-state index in [1.807, 2.05) is 6.92 Å². The van der Waals surface area contributed by atoms with Crippen LogP contribution in [0.2, 0.25) is 0 Å². The van der Waals surface area contributed by atoms with Gasteiger partial charge in [0.05, 0.1) is 12.6 Å². The summed E-state index contributed by atoms with van der Waals surface area (Å²) in [5.41, 5.74) is 2.73. The van der Waals surface area contributed by atoms with Crippen LogP contribution >= 0.6 is 0 Å². The number of rotatable bonds is 8. The molecule has 0 spiro atoms. The Morgan fingerprint density at radius 2 is 1.73 bits per heavy atom. The molecule has 6 nitrogen and oxygen atoms in total. The summed E-state index contributed by atoms with van der Waals surface area (Å²) in [5, 5.41) is 0. The molecule has 1 unspecified atom stereocenters. The van der Waals surface area contributed by atoms with Gasteiger partial charge < -0.3 is 14.2 Å². The van der Waals surface area contributed by atoms with Gasteiger partial charge in [0.15, 0.2) is 5.78 Å². The number of halogens is 1. The van der Waals surface area contributed by atoms with E-state index in [0.717, 1.165) is 5.56 Å². The van der Waals surface area contributed by atoms with E-state index >= 15 is 0 Å². The largest absolute Gasteiger partial charge is 0.461 e. The summed E-state index contributed by atoms with van der Waals surface area (Å²) in [6.07, 6.45) is 0. The number of Topliss-reactive ketones (excluding diaryl/α,β-unsaturated/α-hetero) is 1.